The van der Waals surface area contributed by atoms with Gasteiger partial charge < -0.3 is 15.8 Å². The summed E-state index contributed by atoms with van der Waals surface area (Å²) in [5, 5.41) is 3.25. The maximum Gasteiger partial charge on any atom is 0.322 e. The smallest absolute Gasteiger partial charge is 0.322 e. The maximum absolute atomic E-state index is 5.77. The normalized spacial score (nSPS) is 14.5. The summed E-state index contributed by atoms with van der Waals surface area (Å²) in [6, 6.07) is 0.177. The maximum atomic E-state index is 5.77. The minimum atomic E-state index is -0.310. The molecule has 0 aliphatic carbocycles. The Morgan fingerprint density at radius 1 is 1.41 bits per heavy atom. The number of anilines is 1. The number of nitrogens with two attached hydrogens (primary N) is 1. The fourth-order valence-electron chi connectivity index (χ4n) is 1.17. The Morgan fingerprint density at radius 3 is 2.53 bits per heavy atom. The zero-order valence-electron chi connectivity index (χ0n) is 10.5. The van der Waals surface area contributed by atoms with Crippen molar-refractivity contribution in [2.45, 2.75) is 26.3 Å². The van der Waals surface area contributed by atoms with Crippen LogP contribution in [0.1, 0.15) is 20.8 Å². The Balaban J connectivity index is 2.97. The molecule has 0 radical (unpaired) electrons. The zero-order valence-corrected chi connectivity index (χ0v) is 11.2. The van der Waals surface area contributed by atoms with Crippen molar-refractivity contribution >= 4 is 17.5 Å². The Bertz CT molecular complexity index is 387. The van der Waals surface area contributed by atoms with Gasteiger partial charge in [-0.25, -0.2) is 0 Å². The number of ether oxygens (including phenoxy) is 1. The van der Waals surface area contributed by atoms with Gasteiger partial charge in [-0.15, -0.1) is 0 Å². The summed E-state index contributed by atoms with van der Waals surface area (Å²) in [6.45, 7) is 6.60. The lowest BCUT2D eigenvalue weighted by atomic mass is 9.89. The van der Waals surface area contributed by atoms with E-state index >= 15 is 0 Å². The number of hydrogen-bond acceptors (Lipinski definition) is 6. The van der Waals surface area contributed by atoms with Gasteiger partial charge in [-0.05, 0) is 24.4 Å². The van der Waals surface area contributed by atoms with Crippen LogP contribution in [0.2, 0.25) is 5.28 Å². The van der Waals surface area contributed by atoms with E-state index in [1.54, 1.807) is 0 Å². The minimum Gasteiger partial charge on any atom is -0.467 e. The molecular formula is C10H18ClN5O. The van der Waals surface area contributed by atoms with Crippen molar-refractivity contribution in [2.75, 3.05) is 19.0 Å². The van der Waals surface area contributed by atoms with Gasteiger partial charge >= 0.3 is 6.01 Å². The van der Waals surface area contributed by atoms with Crippen LogP contribution in [-0.4, -0.2) is 34.1 Å². The molecule has 0 saturated heterocycles. The molecule has 3 N–H and O–H groups in total. The van der Waals surface area contributed by atoms with Crippen molar-refractivity contribution in [3.05, 3.63) is 5.28 Å². The van der Waals surface area contributed by atoms with Crippen LogP contribution in [0.25, 0.3) is 0 Å². The summed E-state index contributed by atoms with van der Waals surface area (Å²) in [7, 11) is 1.47. The second kappa shape index (κ2) is 5.46. The Hall–Kier alpha value is -1.14. The summed E-state index contributed by atoms with van der Waals surface area (Å²) < 4.78 is 4.93. The van der Waals surface area contributed by atoms with Crippen molar-refractivity contribution in [1.29, 1.82) is 0 Å². The molecule has 1 aromatic rings. The standard InChI is InChI=1S/C10H18ClN5O/c1-6(2)10(3,5-12)16-8-13-7(11)14-9(15-8)17-4/h6H,5,12H2,1-4H3,(H,13,14,15,16). The molecule has 0 amide bonds. The van der Waals surface area contributed by atoms with Gasteiger partial charge in [-0.3, -0.25) is 0 Å². The van der Waals surface area contributed by atoms with E-state index in [0.717, 1.165) is 0 Å². The predicted molar refractivity (Wildman–Crippen MR) is 67.3 cm³/mol. The van der Waals surface area contributed by atoms with Crippen molar-refractivity contribution in [2.24, 2.45) is 11.7 Å². The topological polar surface area (TPSA) is 86.0 Å². The number of aromatic nitrogens is 3. The van der Waals surface area contributed by atoms with Gasteiger partial charge in [0.1, 0.15) is 0 Å². The van der Waals surface area contributed by atoms with Crippen molar-refractivity contribution in [3.63, 3.8) is 0 Å². The molecule has 17 heavy (non-hydrogen) atoms. The summed E-state index contributed by atoms with van der Waals surface area (Å²) in [4.78, 5) is 11.9. The van der Waals surface area contributed by atoms with E-state index < -0.39 is 0 Å². The van der Waals surface area contributed by atoms with Crippen LogP contribution < -0.4 is 15.8 Å². The van der Waals surface area contributed by atoms with E-state index in [1.807, 2.05) is 6.92 Å². The minimum absolute atomic E-state index is 0.0856. The molecule has 0 bridgehead atoms. The first-order valence-corrected chi connectivity index (χ1v) is 5.73. The van der Waals surface area contributed by atoms with Gasteiger partial charge in [0.2, 0.25) is 11.2 Å². The largest absolute Gasteiger partial charge is 0.467 e. The SMILES string of the molecule is COc1nc(Cl)nc(NC(C)(CN)C(C)C)n1. The summed E-state index contributed by atoms with van der Waals surface area (Å²) in [6.07, 6.45) is 0. The molecule has 1 unspecified atom stereocenters. The van der Waals surface area contributed by atoms with E-state index in [9.17, 15) is 0 Å². The van der Waals surface area contributed by atoms with Gasteiger partial charge in [0, 0.05) is 6.54 Å². The van der Waals surface area contributed by atoms with Crippen LogP contribution in [-0.2, 0) is 0 Å². The molecule has 0 spiro atoms. The number of halogens is 1. The fourth-order valence-corrected chi connectivity index (χ4v) is 1.32. The molecule has 0 aliphatic rings. The quantitative estimate of drug-likeness (QED) is 0.829. The molecule has 0 fully saturated rings. The molecule has 0 saturated carbocycles. The van der Waals surface area contributed by atoms with Crippen LogP contribution in [0.5, 0.6) is 6.01 Å². The third kappa shape index (κ3) is 3.41. The molecular weight excluding hydrogens is 242 g/mol. The third-order valence-electron chi connectivity index (χ3n) is 2.87. The van der Waals surface area contributed by atoms with Gasteiger partial charge in [0.25, 0.3) is 0 Å². The highest BCUT2D eigenvalue weighted by Crippen LogP contribution is 2.21. The average Bonchev–Trinajstić information content (AvgIpc) is 2.27. The van der Waals surface area contributed by atoms with Gasteiger partial charge in [0.15, 0.2) is 0 Å². The molecule has 1 atom stereocenters. The third-order valence-corrected chi connectivity index (χ3v) is 3.03. The molecule has 96 valence electrons. The highest BCUT2D eigenvalue weighted by molar-refractivity contribution is 6.28. The van der Waals surface area contributed by atoms with Crippen molar-refractivity contribution in [3.8, 4) is 6.01 Å². The Kier molecular flexibility index (Phi) is 4.47. The molecule has 7 heteroatoms. The monoisotopic (exact) mass is 259 g/mol. The van der Waals surface area contributed by atoms with Crippen LogP contribution in [0, 0.1) is 5.92 Å². The average molecular weight is 260 g/mol. The number of hydrogen-bond donors (Lipinski definition) is 2. The van der Waals surface area contributed by atoms with Crippen LogP contribution in [0.4, 0.5) is 5.95 Å². The van der Waals surface area contributed by atoms with Crippen LogP contribution >= 0.6 is 11.6 Å². The lowest BCUT2D eigenvalue weighted by Crippen LogP contribution is -2.47. The summed E-state index contributed by atoms with van der Waals surface area (Å²) in [5.41, 5.74) is 5.46. The van der Waals surface area contributed by atoms with E-state index in [4.69, 9.17) is 22.1 Å². The lowest BCUT2D eigenvalue weighted by Gasteiger charge is -2.33. The summed E-state index contributed by atoms with van der Waals surface area (Å²) in [5.74, 6) is 0.678. The van der Waals surface area contributed by atoms with Gasteiger partial charge in [-0.2, -0.15) is 15.0 Å². The number of nitrogens with one attached hydrogen (secondary N) is 1. The van der Waals surface area contributed by atoms with Gasteiger partial charge in [-0.1, -0.05) is 13.8 Å². The van der Waals surface area contributed by atoms with E-state index in [-0.39, 0.29) is 16.8 Å². The lowest BCUT2D eigenvalue weighted by molar-refractivity contribution is 0.368. The fraction of sp³-hybridized carbons (Fsp3) is 0.700. The van der Waals surface area contributed by atoms with E-state index in [1.165, 1.54) is 7.11 Å². The Morgan fingerprint density at radius 2 is 2.06 bits per heavy atom. The van der Waals surface area contributed by atoms with Crippen molar-refractivity contribution < 1.29 is 4.74 Å². The molecule has 6 nitrogen and oxygen atoms in total. The Labute approximate surface area is 106 Å². The van der Waals surface area contributed by atoms with Crippen molar-refractivity contribution in [1.82, 2.24) is 15.0 Å². The number of methoxy groups -OCH3 is 1. The second-order valence-electron chi connectivity index (χ2n) is 4.32. The predicted octanol–water partition coefficient (Wildman–Crippen LogP) is 1.32. The zero-order chi connectivity index (χ0) is 13.1. The molecule has 1 heterocycles. The first kappa shape index (κ1) is 13.9. The van der Waals surface area contributed by atoms with Gasteiger partial charge in [0.05, 0.1) is 12.6 Å². The molecule has 1 aromatic heterocycles. The van der Waals surface area contributed by atoms with E-state index in [2.05, 4.69) is 34.1 Å². The molecule has 0 aromatic carbocycles. The highest BCUT2D eigenvalue weighted by atomic mass is 35.5. The first-order chi connectivity index (χ1) is 7.91. The first-order valence-electron chi connectivity index (χ1n) is 5.35. The molecule has 1 rings (SSSR count). The van der Waals surface area contributed by atoms with Crippen LogP contribution in [0.15, 0.2) is 0 Å². The number of rotatable bonds is 5. The van der Waals surface area contributed by atoms with E-state index in [0.29, 0.717) is 18.4 Å². The highest BCUT2D eigenvalue weighted by Gasteiger charge is 2.27. The second-order valence-corrected chi connectivity index (χ2v) is 4.65. The number of nitrogens with zero attached hydrogens (tertiary/aromatic N) is 3. The van der Waals surface area contributed by atoms with Crippen LogP contribution in [0.3, 0.4) is 0 Å². The molecule has 0 aliphatic heterocycles. The summed E-state index contributed by atoms with van der Waals surface area (Å²) >= 11 is 5.77.